The van der Waals surface area contributed by atoms with Gasteiger partial charge in [0, 0.05) is 17.0 Å². The van der Waals surface area contributed by atoms with Crippen LogP contribution in [0.3, 0.4) is 0 Å². The van der Waals surface area contributed by atoms with E-state index in [1.807, 2.05) is 22.9 Å². The summed E-state index contributed by atoms with van der Waals surface area (Å²) in [6.07, 6.45) is 2.65. The lowest BCUT2D eigenvalue weighted by atomic mass is 10.2. The minimum Gasteiger partial charge on any atom is -0.298 e. The third-order valence-corrected chi connectivity index (χ3v) is 2.24. The highest BCUT2D eigenvalue weighted by atomic mass is 16.1. The summed E-state index contributed by atoms with van der Waals surface area (Å²) in [4.78, 5) is 10.6. The number of aldehydes is 1. The molecule has 14 heavy (non-hydrogen) atoms. The second-order valence-electron chi connectivity index (χ2n) is 3.62. The van der Waals surface area contributed by atoms with Gasteiger partial charge in [-0.25, -0.2) is 0 Å². The molecular formula is C11H12N2O. The maximum Gasteiger partial charge on any atom is 0.150 e. The summed E-state index contributed by atoms with van der Waals surface area (Å²) in [7, 11) is 0. The van der Waals surface area contributed by atoms with Crippen LogP contribution in [0.4, 0.5) is 0 Å². The van der Waals surface area contributed by atoms with Gasteiger partial charge in [0.25, 0.3) is 0 Å². The van der Waals surface area contributed by atoms with Gasteiger partial charge in [0.2, 0.25) is 0 Å². The first-order chi connectivity index (χ1) is 6.72. The molecule has 0 atom stereocenters. The molecule has 0 saturated carbocycles. The fourth-order valence-electron chi connectivity index (χ4n) is 1.56. The molecule has 1 heterocycles. The van der Waals surface area contributed by atoms with Crippen molar-refractivity contribution < 1.29 is 4.79 Å². The molecule has 1 aromatic carbocycles. The van der Waals surface area contributed by atoms with Gasteiger partial charge >= 0.3 is 0 Å². The largest absolute Gasteiger partial charge is 0.298 e. The maximum atomic E-state index is 10.6. The summed E-state index contributed by atoms with van der Waals surface area (Å²) >= 11 is 0. The van der Waals surface area contributed by atoms with Crippen molar-refractivity contribution in [2.24, 2.45) is 0 Å². The van der Waals surface area contributed by atoms with Gasteiger partial charge in [-0.05, 0) is 32.0 Å². The first kappa shape index (κ1) is 8.94. The van der Waals surface area contributed by atoms with Crippen LogP contribution in [0.2, 0.25) is 0 Å². The number of hydrogen-bond acceptors (Lipinski definition) is 2. The number of benzene rings is 1. The van der Waals surface area contributed by atoms with Crippen LogP contribution < -0.4 is 0 Å². The lowest BCUT2D eigenvalue weighted by Gasteiger charge is -2.06. The minimum atomic E-state index is 0.342. The van der Waals surface area contributed by atoms with Gasteiger partial charge in [0.05, 0.1) is 11.7 Å². The fraction of sp³-hybridized carbons (Fsp3) is 0.273. The molecule has 2 rings (SSSR count). The van der Waals surface area contributed by atoms with E-state index in [1.54, 1.807) is 6.20 Å². The minimum absolute atomic E-state index is 0.342. The molecule has 0 bridgehead atoms. The van der Waals surface area contributed by atoms with Crippen LogP contribution in [0.15, 0.2) is 24.4 Å². The Kier molecular flexibility index (Phi) is 2.08. The summed E-state index contributed by atoms with van der Waals surface area (Å²) in [5.41, 5.74) is 1.77. The van der Waals surface area contributed by atoms with E-state index in [0.717, 1.165) is 17.2 Å². The predicted octanol–water partition coefficient (Wildman–Crippen LogP) is 2.43. The summed E-state index contributed by atoms with van der Waals surface area (Å²) in [5.74, 6) is 0. The van der Waals surface area contributed by atoms with Gasteiger partial charge in [-0.2, -0.15) is 5.10 Å². The molecular weight excluding hydrogens is 176 g/mol. The van der Waals surface area contributed by atoms with E-state index in [-0.39, 0.29) is 0 Å². The highest BCUT2D eigenvalue weighted by molar-refractivity contribution is 5.86. The molecule has 0 N–H and O–H groups in total. The van der Waals surface area contributed by atoms with Crippen LogP contribution in [0.1, 0.15) is 30.2 Å². The van der Waals surface area contributed by atoms with E-state index < -0.39 is 0 Å². The zero-order valence-corrected chi connectivity index (χ0v) is 8.27. The van der Waals surface area contributed by atoms with Gasteiger partial charge in [-0.3, -0.25) is 9.48 Å². The van der Waals surface area contributed by atoms with Crippen LogP contribution in [-0.4, -0.2) is 16.1 Å². The SMILES string of the molecule is CC(C)n1ncc2cc(C=O)ccc21. The quantitative estimate of drug-likeness (QED) is 0.678. The van der Waals surface area contributed by atoms with E-state index in [1.165, 1.54) is 0 Å². The smallest absolute Gasteiger partial charge is 0.150 e. The molecule has 3 nitrogen and oxygen atoms in total. The molecule has 0 aliphatic heterocycles. The predicted molar refractivity (Wildman–Crippen MR) is 55.5 cm³/mol. The molecule has 3 heteroatoms. The number of carbonyl (C=O) groups excluding carboxylic acids is 1. The molecule has 0 unspecified atom stereocenters. The highest BCUT2D eigenvalue weighted by Crippen LogP contribution is 2.18. The molecule has 72 valence electrons. The molecule has 0 aliphatic rings. The average molecular weight is 188 g/mol. The normalized spacial score (nSPS) is 11.1. The van der Waals surface area contributed by atoms with E-state index >= 15 is 0 Å². The lowest BCUT2D eigenvalue weighted by Crippen LogP contribution is -2.01. The van der Waals surface area contributed by atoms with Crippen molar-refractivity contribution in [2.45, 2.75) is 19.9 Å². The van der Waals surface area contributed by atoms with Crippen molar-refractivity contribution >= 4 is 17.2 Å². The molecule has 0 amide bonds. The second-order valence-corrected chi connectivity index (χ2v) is 3.62. The molecule has 0 aliphatic carbocycles. The highest BCUT2D eigenvalue weighted by Gasteiger charge is 2.05. The average Bonchev–Trinajstić information content (AvgIpc) is 2.59. The van der Waals surface area contributed by atoms with Gasteiger partial charge < -0.3 is 0 Å². The number of carbonyl (C=O) groups is 1. The Bertz CT molecular complexity index is 471. The van der Waals surface area contributed by atoms with Crippen LogP contribution in [-0.2, 0) is 0 Å². The van der Waals surface area contributed by atoms with Crippen LogP contribution >= 0.6 is 0 Å². The maximum absolute atomic E-state index is 10.6. The first-order valence-corrected chi connectivity index (χ1v) is 4.65. The monoisotopic (exact) mass is 188 g/mol. The van der Waals surface area contributed by atoms with Gasteiger partial charge in [-0.15, -0.1) is 0 Å². The van der Waals surface area contributed by atoms with Crippen molar-refractivity contribution in [3.05, 3.63) is 30.0 Å². The van der Waals surface area contributed by atoms with E-state index in [2.05, 4.69) is 18.9 Å². The number of aromatic nitrogens is 2. The van der Waals surface area contributed by atoms with Crippen molar-refractivity contribution in [1.82, 2.24) is 9.78 Å². The van der Waals surface area contributed by atoms with Crippen molar-refractivity contribution in [3.63, 3.8) is 0 Å². The van der Waals surface area contributed by atoms with E-state index in [9.17, 15) is 4.79 Å². The summed E-state index contributed by atoms with van der Waals surface area (Å²) in [6, 6.07) is 5.95. The molecule has 0 saturated heterocycles. The number of hydrogen-bond donors (Lipinski definition) is 0. The number of nitrogens with zero attached hydrogens (tertiary/aromatic N) is 2. The van der Waals surface area contributed by atoms with E-state index in [4.69, 9.17) is 0 Å². The van der Waals surface area contributed by atoms with Crippen molar-refractivity contribution in [3.8, 4) is 0 Å². The number of rotatable bonds is 2. The number of fused-ring (bicyclic) bond motifs is 1. The van der Waals surface area contributed by atoms with Gasteiger partial charge in [-0.1, -0.05) is 0 Å². The third kappa shape index (κ3) is 1.31. The first-order valence-electron chi connectivity index (χ1n) is 4.65. The summed E-state index contributed by atoms with van der Waals surface area (Å²) in [5, 5.41) is 5.29. The van der Waals surface area contributed by atoms with E-state index in [0.29, 0.717) is 11.6 Å². The Morgan fingerprint density at radius 2 is 2.21 bits per heavy atom. The molecule has 1 aromatic heterocycles. The van der Waals surface area contributed by atoms with Crippen LogP contribution in [0.5, 0.6) is 0 Å². The Hall–Kier alpha value is -1.64. The van der Waals surface area contributed by atoms with Crippen molar-refractivity contribution in [1.29, 1.82) is 0 Å². The molecule has 0 fully saturated rings. The topological polar surface area (TPSA) is 34.9 Å². The summed E-state index contributed by atoms with van der Waals surface area (Å²) in [6.45, 7) is 4.17. The zero-order valence-electron chi connectivity index (χ0n) is 8.27. The molecule has 2 aromatic rings. The fourth-order valence-corrected chi connectivity index (χ4v) is 1.56. The summed E-state index contributed by atoms with van der Waals surface area (Å²) < 4.78 is 1.95. The standard InChI is InChI=1S/C11H12N2O/c1-8(2)13-11-4-3-9(7-14)5-10(11)6-12-13/h3-8H,1-2H3. The third-order valence-electron chi connectivity index (χ3n) is 2.24. The van der Waals surface area contributed by atoms with Crippen LogP contribution in [0, 0.1) is 0 Å². The Balaban J connectivity index is 2.65. The van der Waals surface area contributed by atoms with Crippen molar-refractivity contribution in [2.75, 3.05) is 0 Å². The zero-order chi connectivity index (χ0) is 10.1. The second kappa shape index (κ2) is 3.25. The van der Waals surface area contributed by atoms with Crippen LogP contribution in [0.25, 0.3) is 10.9 Å². The van der Waals surface area contributed by atoms with Gasteiger partial charge in [0.1, 0.15) is 6.29 Å². The Labute approximate surface area is 82.3 Å². The lowest BCUT2D eigenvalue weighted by molar-refractivity contribution is 0.112. The molecule has 0 spiro atoms. The Morgan fingerprint density at radius 3 is 2.86 bits per heavy atom. The molecule has 0 radical (unpaired) electrons. The van der Waals surface area contributed by atoms with Gasteiger partial charge in [0.15, 0.2) is 0 Å². The Morgan fingerprint density at radius 1 is 1.43 bits per heavy atom.